The minimum Gasteiger partial charge on any atom is -0.456 e. The molecule has 2 fully saturated rings. The average molecular weight is 412 g/mol. The van der Waals surface area contributed by atoms with Crippen LogP contribution in [0.5, 0.6) is 0 Å². The summed E-state index contributed by atoms with van der Waals surface area (Å²) in [7, 11) is 0. The Morgan fingerprint density at radius 1 is 0.933 bits per heavy atom. The van der Waals surface area contributed by atoms with Gasteiger partial charge in [-0.05, 0) is 25.1 Å². The van der Waals surface area contributed by atoms with Crippen molar-refractivity contribution in [3.63, 3.8) is 0 Å². The highest BCUT2D eigenvalue weighted by Gasteiger charge is 2.26. The van der Waals surface area contributed by atoms with Gasteiger partial charge in [0.2, 0.25) is 11.9 Å². The van der Waals surface area contributed by atoms with Crippen LogP contribution in [0.4, 0.5) is 5.95 Å². The lowest BCUT2D eigenvalue weighted by molar-refractivity contribution is -0.131. The lowest BCUT2D eigenvalue weighted by Crippen LogP contribution is -2.51. The van der Waals surface area contributed by atoms with E-state index < -0.39 is 0 Å². The Morgan fingerprint density at radius 3 is 2.23 bits per heavy atom. The first kappa shape index (κ1) is 20.3. The van der Waals surface area contributed by atoms with Gasteiger partial charge in [0.25, 0.3) is 5.91 Å². The summed E-state index contributed by atoms with van der Waals surface area (Å²) < 4.78 is 5.44. The number of anilines is 1. The first-order valence-corrected chi connectivity index (χ1v) is 10.5. The van der Waals surface area contributed by atoms with Crippen molar-refractivity contribution in [1.82, 2.24) is 24.7 Å². The maximum Gasteiger partial charge on any atom is 0.289 e. The fraction of sp³-hybridized carbons (Fsp3) is 0.524. The van der Waals surface area contributed by atoms with Crippen molar-refractivity contribution < 1.29 is 14.0 Å². The topological polar surface area (TPSA) is 86.0 Å². The molecule has 2 aromatic heterocycles. The van der Waals surface area contributed by atoms with Gasteiger partial charge in [-0.15, -0.1) is 0 Å². The van der Waals surface area contributed by atoms with Crippen molar-refractivity contribution in [1.29, 1.82) is 0 Å². The minimum absolute atomic E-state index is 0.0564. The first-order chi connectivity index (χ1) is 14.6. The monoisotopic (exact) mass is 412 g/mol. The zero-order valence-corrected chi connectivity index (χ0v) is 17.4. The van der Waals surface area contributed by atoms with E-state index in [1.165, 1.54) is 0 Å². The number of amides is 2. The Morgan fingerprint density at radius 2 is 1.60 bits per heavy atom. The number of rotatable bonds is 5. The van der Waals surface area contributed by atoms with Crippen molar-refractivity contribution in [2.45, 2.75) is 13.3 Å². The number of hydrogen-bond acceptors (Lipinski definition) is 7. The quantitative estimate of drug-likeness (QED) is 0.720. The number of furan rings is 1. The van der Waals surface area contributed by atoms with Crippen LogP contribution in [0.3, 0.4) is 0 Å². The van der Waals surface area contributed by atoms with Crippen LogP contribution >= 0.6 is 0 Å². The Labute approximate surface area is 176 Å². The Hall–Kier alpha value is -2.94. The molecule has 4 rings (SSSR count). The standard InChI is InChI=1S/C21H28N6O3/c1-17-3-4-18(30-17)20(29)26-11-9-24(10-12-26)8-5-19(28)25-13-15-27(16-14-25)21-22-6-2-7-23-21/h2-4,6-7H,5,8-16H2,1H3. The Bertz CT molecular complexity index is 855. The summed E-state index contributed by atoms with van der Waals surface area (Å²) in [6.07, 6.45) is 3.98. The number of nitrogens with zero attached hydrogens (tertiary/aromatic N) is 6. The van der Waals surface area contributed by atoms with Crippen LogP contribution in [-0.4, -0.2) is 95.4 Å². The number of hydrogen-bond donors (Lipinski definition) is 0. The molecule has 0 aliphatic carbocycles. The van der Waals surface area contributed by atoms with E-state index in [1.807, 2.05) is 22.8 Å². The molecular formula is C21H28N6O3. The van der Waals surface area contributed by atoms with Gasteiger partial charge < -0.3 is 19.1 Å². The molecule has 30 heavy (non-hydrogen) atoms. The molecule has 0 aromatic carbocycles. The van der Waals surface area contributed by atoms with Gasteiger partial charge in [-0.2, -0.15) is 0 Å². The van der Waals surface area contributed by atoms with Crippen LogP contribution in [0.2, 0.25) is 0 Å². The molecule has 2 saturated heterocycles. The van der Waals surface area contributed by atoms with Crippen molar-refractivity contribution in [2.24, 2.45) is 0 Å². The molecule has 2 aliphatic heterocycles. The van der Waals surface area contributed by atoms with Gasteiger partial charge in [0.1, 0.15) is 5.76 Å². The van der Waals surface area contributed by atoms with Crippen molar-refractivity contribution >= 4 is 17.8 Å². The molecule has 0 N–H and O–H groups in total. The molecule has 0 unspecified atom stereocenters. The highest BCUT2D eigenvalue weighted by molar-refractivity contribution is 5.91. The zero-order chi connectivity index (χ0) is 20.9. The maximum absolute atomic E-state index is 12.6. The van der Waals surface area contributed by atoms with E-state index in [9.17, 15) is 9.59 Å². The molecule has 0 radical (unpaired) electrons. The second-order valence-corrected chi connectivity index (χ2v) is 7.71. The highest BCUT2D eigenvalue weighted by atomic mass is 16.3. The van der Waals surface area contributed by atoms with Gasteiger partial charge in [-0.25, -0.2) is 9.97 Å². The second kappa shape index (κ2) is 9.25. The summed E-state index contributed by atoms with van der Waals surface area (Å²) in [5, 5.41) is 0. The highest BCUT2D eigenvalue weighted by Crippen LogP contribution is 2.13. The van der Waals surface area contributed by atoms with Crippen LogP contribution in [-0.2, 0) is 4.79 Å². The molecule has 2 amide bonds. The van der Waals surface area contributed by atoms with Gasteiger partial charge in [-0.1, -0.05) is 0 Å². The third kappa shape index (κ3) is 4.79. The van der Waals surface area contributed by atoms with E-state index in [0.29, 0.717) is 38.4 Å². The predicted octanol–water partition coefficient (Wildman–Crippen LogP) is 0.875. The lowest BCUT2D eigenvalue weighted by Gasteiger charge is -2.36. The fourth-order valence-corrected chi connectivity index (χ4v) is 3.90. The van der Waals surface area contributed by atoms with Gasteiger partial charge in [0, 0.05) is 77.7 Å². The molecule has 9 nitrogen and oxygen atoms in total. The SMILES string of the molecule is Cc1ccc(C(=O)N2CCN(CCC(=O)N3CCN(c4ncccn4)CC3)CC2)o1. The average Bonchev–Trinajstić information content (AvgIpc) is 3.24. The minimum atomic E-state index is -0.0564. The van der Waals surface area contributed by atoms with E-state index in [2.05, 4.69) is 19.8 Å². The van der Waals surface area contributed by atoms with Crippen LogP contribution in [0, 0.1) is 6.92 Å². The predicted molar refractivity (Wildman–Crippen MR) is 111 cm³/mol. The maximum atomic E-state index is 12.6. The summed E-state index contributed by atoms with van der Waals surface area (Å²) in [5.74, 6) is 2.00. The van der Waals surface area contributed by atoms with Gasteiger partial charge in [0.05, 0.1) is 0 Å². The Kier molecular flexibility index (Phi) is 6.27. The number of aryl methyl sites for hydroxylation is 1. The van der Waals surface area contributed by atoms with Crippen LogP contribution in [0.15, 0.2) is 35.0 Å². The van der Waals surface area contributed by atoms with E-state index in [0.717, 1.165) is 44.4 Å². The van der Waals surface area contributed by atoms with E-state index in [-0.39, 0.29) is 11.8 Å². The third-order valence-corrected chi connectivity index (χ3v) is 5.72. The second-order valence-electron chi connectivity index (χ2n) is 7.71. The molecule has 9 heteroatoms. The molecule has 0 saturated carbocycles. The summed E-state index contributed by atoms with van der Waals surface area (Å²) >= 11 is 0. The first-order valence-electron chi connectivity index (χ1n) is 10.5. The molecule has 2 aliphatic rings. The van der Waals surface area contributed by atoms with Gasteiger partial charge in [0.15, 0.2) is 5.76 Å². The number of piperazine rings is 2. The Balaban J connectivity index is 1.17. The molecule has 2 aromatic rings. The lowest BCUT2D eigenvalue weighted by atomic mass is 10.2. The van der Waals surface area contributed by atoms with Crippen LogP contribution < -0.4 is 4.90 Å². The van der Waals surface area contributed by atoms with Gasteiger partial charge >= 0.3 is 0 Å². The largest absolute Gasteiger partial charge is 0.456 e. The van der Waals surface area contributed by atoms with E-state index in [4.69, 9.17) is 4.42 Å². The van der Waals surface area contributed by atoms with Crippen molar-refractivity contribution in [3.8, 4) is 0 Å². The van der Waals surface area contributed by atoms with E-state index in [1.54, 1.807) is 24.5 Å². The summed E-state index contributed by atoms with van der Waals surface area (Å²) in [5.41, 5.74) is 0. The van der Waals surface area contributed by atoms with Crippen LogP contribution in [0.25, 0.3) is 0 Å². The van der Waals surface area contributed by atoms with E-state index >= 15 is 0 Å². The van der Waals surface area contributed by atoms with Crippen LogP contribution in [0.1, 0.15) is 22.7 Å². The summed E-state index contributed by atoms with van der Waals surface area (Å²) in [4.78, 5) is 41.8. The molecule has 0 spiro atoms. The number of aromatic nitrogens is 2. The fourth-order valence-electron chi connectivity index (χ4n) is 3.90. The molecule has 0 bridgehead atoms. The normalized spacial score (nSPS) is 18.0. The molecule has 0 atom stereocenters. The zero-order valence-electron chi connectivity index (χ0n) is 17.4. The number of carbonyl (C=O) groups excluding carboxylic acids is 2. The summed E-state index contributed by atoms with van der Waals surface area (Å²) in [6, 6.07) is 5.34. The summed E-state index contributed by atoms with van der Waals surface area (Å²) in [6.45, 7) is 8.32. The molecule has 4 heterocycles. The third-order valence-electron chi connectivity index (χ3n) is 5.72. The smallest absolute Gasteiger partial charge is 0.289 e. The van der Waals surface area contributed by atoms with Crippen molar-refractivity contribution in [3.05, 3.63) is 42.1 Å². The molecular weight excluding hydrogens is 384 g/mol. The van der Waals surface area contributed by atoms with Crippen molar-refractivity contribution in [2.75, 3.05) is 63.8 Å². The van der Waals surface area contributed by atoms with Gasteiger partial charge in [-0.3, -0.25) is 14.5 Å². The molecule has 160 valence electrons. The number of carbonyl (C=O) groups is 2.